The molecule has 0 unspecified atom stereocenters. The van der Waals surface area contributed by atoms with E-state index in [0.29, 0.717) is 58.1 Å². The number of fused-ring (bicyclic) bond motifs is 1. The normalized spacial score (nSPS) is 13.4. The molecule has 2 aromatic heterocycles. The summed E-state index contributed by atoms with van der Waals surface area (Å²) in [7, 11) is 1.64. The Hall–Kier alpha value is -4.44. The number of anilines is 4. The van der Waals surface area contributed by atoms with E-state index >= 15 is 0 Å². The summed E-state index contributed by atoms with van der Waals surface area (Å²) >= 11 is 0. The summed E-state index contributed by atoms with van der Waals surface area (Å²) in [5, 5.41) is 6.39. The van der Waals surface area contributed by atoms with E-state index in [1.54, 1.807) is 49.7 Å². The Bertz CT molecular complexity index is 1470. The molecular weight excluding hydrogens is 466 g/mol. The monoisotopic (exact) mass is 488 g/mol. The lowest BCUT2D eigenvalue weighted by atomic mass is 10.1. The Morgan fingerprint density at radius 2 is 1.94 bits per heavy atom. The minimum atomic E-state index is -1.10. The number of rotatable bonds is 7. The number of ether oxygens (including phenoxy) is 1. The number of nitrogens with zero attached hydrogens (tertiary/aromatic N) is 4. The maximum absolute atomic E-state index is 14.3. The summed E-state index contributed by atoms with van der Waals surface area (Å²) < 4.78 is 33.1. The summed E-state index contributed by atoms with van der Waals surface area (Å²) in [6, 6.07) is 13.3. The number of aromatic nitrogens is 3. The standard InChI is InChI=1S/C26H22F2N6O2/c1-15(27)26(35)33-23-10-19-22(11-24(23)34-12-17(13-34)36-2)30-14-31-25(19)32-16-7-8-29-21(9-16)18-5-3-4-6-20(18)28/h3-11,14,17H,1,12-13H2,2H3,(H,33,35)(H,29,30,31,32). The number of carbonyl (C=O) groups is 1. The van der Waals surface area contributed by atoms with Gasteiger partial charge in [-0.25, -0.2) is 18.7 Å². The predicted octanol–water partition coefficient (Wildman–Crippen LogP) is 4.83. The zero-order chi connectivity index (χ0) is 25.2. The van der Waals surface area contributed by atoms with Crippen molar-refractivity contribution in [2.24, 2.45) is 0 Å². The van der Waals surface area contributed by atoms with Crippen molar-refractivity contribution >= 4 is 39.7 Å². The van der Waals surface area contributed by atoms with Crippen LogP contribution in [-0.2, 0) is 9.53 Å². The number of methoxy groups -OCH3 is 1. The van der Waals surface area contributed by atoms with Gasteiger partial charge in [-0.3, -0.25) is 9.78 Å². The first-order valence-corrected chi connectivity index (χ1v) is 11.1. The summed E-state index contributed by atoms with van der Waals surface area (Å²) in [5.41, 5.74) is 3.14. The average molecular weight is 488 g/mol. The van der Waals surface area contributed by atoms with E-state index in [1.165, 1.54) is 12.4 Å². The first-order chi connectivity index (χ1) is 17.4. The van der Waals surface area contributed by atoms with Crippen LogP contribution in [0.4, 0.5) is 31.7 Å². The lowest BCUT2D eigenvalue weighted by molar-refractivity contribution is -0.114. The van der Waals surface area contributed by atoms with Gasteiger partial charge in [0.05, 0.1) is 28.7 Å². The smallest absolute Gasteiger partial charge is 0.283 e. The lowest BCUT2D eigenvalue weighted by Gasteiger charge is -2.40. The topological polar surface area (TPSA) is 92.3 Å². The van der Waals surface area contributed by atoms with Gasteiger partial charge >= 0.3 is 0 Å². The molecule has 0 atom stereocenters. The van der Waals surface area contributed by atoms with Gasteiger partial charge in [0.2, 0.25) is 0 Å². The first kappa shape index (κ1) is 23.3. The first-order valence-electron chi connectivity index (χ1n) is 11.1. The van der Waals surface area contributed by atoms with Crippen LogP contribution in [0, 0.1) is 5.82 Å². The molecular formula is C26H22F2N6O2. The second kappa shape index (κ2) is 9.67. The Kier molecular flexibility index (Phi) is 6.26. The molecule has 182 valence electrons. The highest BCUT2D eigenvalue weighted by atomic mass is 19.1. The molecule has 0 bridgehead atoms. The third kappa shape index (κ3) is 4.58. The number of halogens is 2. The van der Waals surface area contributed by atoms with Crippen molar-refractivity contribution in [3.8, 4) is 11.3 Å². The van der Waals surface area contributed by atoms with Crippen molar-refractivity contribution in [2.45, 2.75) is 6.10 Å². The van der Waals surface area contributed by atoms with Crippen molar-refractivity contribution in [1.82, 2.24) is 15.0 Å². The van der Waals surface area contributed by atoms with Gasteiger partial charge < -0.3 is 20.3 Å². The quantitative estimate of drug-likeness (QED) is 0.360. The number of hydrogen-bond acceptors (Lipinski definition) is 7. The van der Waals surface area contributed by atoms with Crippen molar-refractivity contribution in [1.29, 1.82) is 0 Å². The molecule has 2 aromatic carbocycles. The molecule has 1 aliphatic heterocycles. The molecule has 0 radical (unpaired) electrons. The fourth-order valence-corrected chi connectivity index (χ4v) is 3.99. The van der Waals surface area contributed by atoms with E-state index in [9.17, 15) is 13.6 Å². The largest absolute Gasteiger partial charge is 0.378 e. The SMILES string of the molecule is C=C(F)C(=O)Nc1cc2c(Nc3ccnc(-c4ccccc4F)c3)ncnc2cc1N1CC(OC)C1. The second-order valence-electron chi connectivity index (χ2n) is 8.27. The van der Waals surface area contributed by atoms with Crippen molar-refractivity contribution in [3.63, 3.8) is 0 Å². The van der Waals surface area contributed by atoms with Gasteiger partial charge in [-0.05, 0) is 36.4 Å². The molecule has 0 saturated carbocycles. The lowest BCUT2D eigenvalue weighted by Crippen LogP contribution is -2.52. The van der Waals surface area contributed by atoms with E-state index in [1.807, 2.05) is 11.0 Å². The maximum atomic E-state index is 14.3. The number of hydrogen-bond donors (Lipinski definition) is 2. The second-order valence-corrected chi connectivity index (χ2v) is 8.27. The Balaban J connectivity index is 1.53. The van der Waals surface area contributed by atoms with Crippen LogP contribution in [0.2, 0.25) is 0 Å². The molecule has 1 amide bonds. The number of carbonyl (C=O) groups excluding carboxylic acids is 1. The van der Waals surface area contributed by atoms with E-state index in [4.69, 9.17) is 4.74 Å². The van der Waals surface area contributed by atoms with Gasteiger partial charge in [-0.2, -0.15) is 0 Å². The van der Waals surface area contributed by atoms with Crippen LogP contribution in [0.15, 0.2) is 73.5 Å². The summed E-state index contributed by atoms with van der Waals surface area (Å²) in [6.45, 7) is 4.32. The van der Waals surface area contributed by atoms with E-state index in [2.05, 4.69) is 32.2 Å². The van der Waals surface area contributed by atoms with Gasteiger partial charge in [0.15, 0.2) is 5.83 Å². The molecule has 1 saturated heterocycles. The van der Waals surface area contributed by atoms with Crippen LogP contribution in [0.25, 0.3) is 22.2 Å². The minimum absolute atomic E-state index is 0.0679. The predicted molar refractivity (Wildman–Crippen MR) is 134 cm³/mol. The van der Waals surface area contributed by atoms with Gasteiger partial charge in [-0.1, -0.05) is 18.7 Å². The summed E-state index contributed by atoms with van der Waals surface area (Å²) in [4.78, 5) is 27.1. The zero-order valence-corrected chi connectivity index (χ0v) is 19.3. The van der Waals surface area contributed by atoms with Crippen LogP contribution in [0.5, 0.6) is 0 Å². The highest BCUT2D eigenvalue weighted by Crippen LogP contribution is 2.36. The summed E-state index contributed by atoms with van der Waals surface area (Å²) in [5.74, 6) is -1.96. The van der Waals surface area contributed by atoms with Gasteiger partial charge in [0.25, 0.3) is 5.91 Å². The van der Waals surface area contributed by atoms with Crippen molar-refractivity contribution < 1.29 is 18.3 Å². The maximum Gasteiger partial charge on any atom is 0.283 e. The average Bonchev–Trinajstić information content (AvgIpc) is 2.84. The van der Waals surface area contributed by atoms with Crippen LogP contribution < -0.4 is 15.5 Å². The molecule has 0 spiro atoms. The molecule has 3 heterocycles. The molecule has 36 heavy (non-hydrogen) atoms. The van der Waals surface area contributed by atoms with Crippen molar-refractivity contribution in [2.75, 3.05) is 35.7 Å². The van der Waals surface area contributed by atoms with E-state index < -0.39 is 11.7 Å². The number of nitrogens with one attached hydrogen (secondary N) is 2. The van der Waals surface area contributed by atoms with Crippen LogP contribution in [0.1, 0.15) is 0 Å². The van der Waals surface area contributed by atoms with Gasteiger partial charge in [0, 0.05) is 43.0 Å². The van der Waals surface area contributed by atoms with Crippen molar-refractivity contribution in [3.05, 3.63) is 79.3 Å². The van der Waals surface area contributed by atoms with E-state index in [0.717, 1.165) is 0 Å². The van der Waals surface area contributed by atoms with Gasteiger partial charge in [0.1, 0.15) is 18.0 Å². The third-order valence-corrected chi connectivity index (χ3v) is 5.94. The van der Waals surface area contributed by atoms with Crippen LogP contribution in [0.3, 0.4) is 0 Å². The third-order valence-electron chi connectivity index (χ3n) is 5.94. The number of pyridine rings is 1. The van der Waals surface area contributed by atoms with Gasteiger partial charge in [-0.15, -0.1) is 0 Å². The number of amides is 1. The van der Waals surface area contributed by atoms with Crippen LogP contribution >= 0.6 is 0 Å². The Morgan fingerprint density at radius 3 is 2.69 bits per heavy atom. The molecule has 1 aliphatic rings. The highest BCUT2D eigenvalue weighted by Gasteiger charge is 2.29. The number of benzene rings is 2. The molecule has 8 nitrogen and oxygen atoms in total. The Labute approximate surface area is 205 Å². The molecule has 0 aliphatic carbocycles. The summed E-state index contributed by atoms with van der Waals surface area (Å²) in [6.07, 6.45) is 3.06. The highest BCUT2D eigenvalue weighted by molar-refractivity contribution is 6.07. The molecule has 1 fully saturated rings. The molecule has 5 rings (SSSR count). The van der Waals surface area contributed by atoms with E-state index in [-0.39, 0.29) is 11.9 Å². The van der Waals surface area contributed by atoms with Crippen LogP contribution in [-0.4, -0.2) is 47.2 Å². The fourth-order valence-electron chi connectivity index (χ4n) is 3.99. The molecule has 4 aromatic rings. The fraction of sp³-hybridized carbons (Fsp3) is 0.154. The molecule has 10 heteroatoms. The minimum Gasteiger partial charge on any atom is -0.378 e. The zero-order valence-electron chi connectivity index (χ0n) is 19.3. The molecule has 2 N–H and O–H groups in total. The Morgan fingerprint density at radius 1 is 1.14 bits per heavy atom.